The molecule has 1 aliphatic carbocycles. The van der Waals surface area contributed by atoms with Gasteiger partial charge in [-0.25, -0.2) is 8.42 Å². The van der Waals surface area contributed by atoms with E-state index in [-0.39, 0.29) is 5.75 Å². The third-order valence-electron chi connectivity index (χ3n) is 2.11. The molecule has 0 radical (unpaired) electrons. The molecule has 0 heterocycles. The van der Waals surface area contributed by atoms with Gasteiger partial charge in [0, 0.05) is 22.5 Å². The fourth-order valence-electron chi connectivity index (χ4n) is 1.17. The molecule has 1 aliphatic rings. The normalized spacial score (nSPS) is 25.0. The van der Waals surface area contributed by atoms with Crippen LogP contribution in [0, 0.1) is 10.1 Å². The molecule has 0 N–H and O–H groups in total. The second-order valence-corrected chi connectivity index (χ2v) is 6.38. The Labute approximate surface area is 97.7 Å². The lowest BCUT2D eigenvalue weighted by Gasteiger charge is -2.10. The Bertz CT molecular complexity index is 492. The number of hydrogen-bond acceptors (Lipinski definition) is 4. The van der Waals surface area contributed by atoms with Crippen molar-refractivity contribution in [2.45, 2.75) is 12.5 Å². The quantitative estimate of drug-likeness (QED) is 0.441. The molecular weight excluding hydrogens is 254 g/mol. The SMILES string of the molecule is CC1([N+](=O)[O-])C=CC=C(CS(=O)(=O)Cl)C=C1. The van der Waals surface area contributed by atoms with Gasteiger partial charge in [-0.2, -0.15) is 0 Å². The summed E-state index contributed by atoms with van der Waals surface area (Å²) < 4.78 is 21.7. The van der Waals surface area contributed by atoms with Crippen LogP contribution in [0.15, 0.2) is 36.0 Å². The molecule has 0 spiro atoms. The zero-order valence-corrected chi connectivity index (χ0v) is 10.0. The monoisotopic (exact) mass is 263 g/mol. The Kier molecular flexibility index (Phi) is 3.54. The van der Waals surface area contributed by atoms with E-state index in [0.29, 0.717) is 5.57 Å². The van der Waals surface area contributed by atoms with Gasteiger partial charge in [0.25, 0.3) is 5.54 Å². The second-order valence-electron chi connectivity index (χ2n) is 3.60. The standard InChI is InChI=1S/C9H10ClNO4S/c1-9(11(12)13)5-2-3-8(4-6-9)7-16(10,14)15/h2-6H,7H2,1H3. The van der Waals surface area contributed by atoms with Gasteiger partial charge in [0.1, 0.15) is 0 Å². The van der Waals surface area contributed by atoms with E-state index in [0.717, 1.165) is 0 Å². The molecule has 0 fully saturated rings. The number of allylic oxidation sites excluding steroid dienone is 3. The molecule has 0 aromatic heterocycles. The fourth-order valence-corrected chi connectivity index (χ4v) is 2.14. The van der Waals surface area contributed by atoms with Gasteiger partial charge in [0.15, 0.2) is 0 Å². The first-order chi connectivity index (χ1) is 7.23. The van der Waals surface area contributed by atoms with Crippen molar-refractivity contribution in [2.75, 3.05) is 5.75 Å². The van der Waals surface area contributed by atoms with Crippen molar-refractivity contribution in [1.82, 2.24) is 0 Å². The van der Waals surface area contributed by atoms with Crippen molar-refractivity contribution >= 4 is 19.7 Å². The van der Waals surface area contributed by atoms with E-state index in [4.69, 9.17) is 10.7 Å². The molecule has 0 aliphatic heterocycles. The van der Waals surface area contributed by atoms with Gasteiger partial charge in [0.05, 0.1) is 5.75 Å². The summed E-state index contributed by atoms with van der Waals surface area (Å²) in [5.41, 5.74) is -0.897. The lowest BCUT2D eigenvalue weighted by Crippen LogP contribution is -2.29. The number of rotatable bonds is 3. The van der Waals surface area contributed by atoms with Gasteiger partial charge in [-0.3, -0.25) is 10.1 Å². The van der Waals surface area contributed by atoms with Gasteiger partial charge in [0.2, 0.25) is 9.05 Å². The van der Waals surface area contributed by atoms with Crippen molar-refractivity contribution in [3.63, 3.8) is 0 Å². The molecule has 88 valence electrons. The van der Waals surface area contributed by atoms with E-state index in [1.165, 1.54) is 37.3 Å². The van der Waals surface area contributed by atoms with Crippen LogP contribution < -0.4 is 0 Å². The molecular formula is C9H10ClNO4S. The molecule has 0 bridgehead atoms. The second kappa shape index (κ2) is 4.39. The van der Waals surface area contributed by atoms with E-state index >= 15 is 0 Å². The number of nitrogens with zero attached hydrogens (tertiary/aromatic N) is 1. The van der Waals surface area contributed by atoms with Crippen molar-refractivity contribution < 1.29 is 13.3 Å². The highest BCUT2D eigenvalue weighted by Crippen LogP contribution is 2.19. The van der Waals surface area contributed by atoms with E-state index in [1.54, 1.807) is 0 Å². The van der Waals surface area contributed by atoms with Crippen LogP contribution in [0.5, 0.6) is 0 Å². The minimum absolute atomic E-state index is 0.344. The highest BCUT2D eigenvalue weighted by molar-refractivity contribution is 8.13. The summed E-state index contributed by atoms with van der Waals surface area (Å²) in [6.07, 6.45) is 7.08. The van der Waals surface area contributed by atoms with Crippen LogP contribution in [0.3, 0.4) is 0 Å². The van der Waals surface area contributed by atoms with Gasteiger partial charge >= 0.3 is 0 Å². The van der Waals surface area contributed by atoms with Crippen LogP contribution in [-0.4, -0.2) is 24.6 Å². The van der Waals surface area contributed by atoms with Crippen LogP contribution in [0.2, 0.25) is 0 Å². The predicted molar refractivity (Wildman–Crippen MR) is 61.4 cm³/mol. The van der Waals surface area contributed by atoms with E-state index in [1.807, 2.05) is 0 Å². The van der Waals surface area contributed by atoms with Crippen LogP contribution >= 0.6 is 10.7 Å². The van der Waals surface area contributed by atoms with Gasteiger partial charge in [-0.1, -0.05) is 18.2 Å². The van der Waals surface area contributed by atoms with Gasteiger partial charge in [-0.05, 0) is 17.7 Å². The highest BCUT2D eigenvalue weighted by atomic mass is 35.7. The molecule has 7 heteroatoms. The molecule has 0 aromatic carbocycles. The maximum atomic E-state index is 10.8. The molecule has 0 amide bonds. The number of halogens is 1. The number of nitro groups is 1. The minimum atomic E-state index is -3.65. The van der Waals surface area contributed by atoms with Gasteiger partial charge < -0.3 is 0 Å². The minimum Gasteiger partial charge on any atom is -0.263 e. The van der Waals surface area contributed by atoms with Crippen LogP contribution in [0.1, 0.15) is 6.92 Å². The average molecular weight is 264 g/mol. The lowest BCUT2D eigenvalue weighted by atomic mass is 10.0. The molecule has 1 atom stereocenters. The van der Waals surface area contributed by atoms with Crippen molar-refractivity contribution in [3.05, 3.63) is 46.1 Å². The van der Waals surface area contributed by atoms with Crippen LogP contribution in [0.4, 0.5) is 0 Å². The number of hydrogen-bond donors (Lipinski definition) is 0. The molecule has 0 saturated heterocycles. The smallest absolute Gasteiger partial charge is 0.256 e. The molecule has 5 nitrogen and oxygen atoms in total. The summed E-state index contributed by atoms with van der Waals surface area (Å²) >= 11 is 0. The Balaban J connectivity index is 2.96. The predicted octanol–water partition coefficient (Wildman–Crippen LogP) is 1.64. The summed E-state index contributed by atoms with van der Waals surface area (Å²) in [7, 11) is 1.44. The van der Waals surface area contributed by atoms with Crippen LogP contribution in [0.25, 0.3) is 0 Å². The zero-order chi connectivity index (χ0) is 12.4. The lowest BCUT2D eigenvalue weighted by molar-refractivity contribution is -0.535. The van der Waals surface area contributed by atoms with E-state index in [2.05, 4.69) is 0 Å². The largest absolute Gasteiger partial charge is 0.263 e. The van der Waals surface area contributed by atoms with Crippen molar-refractivity contribution in [1.29, 1.82) is 0 Å². The Morgan fingerprint density at radius 1 is 1.50 bits per heavy atom. The molecule has 16 heavy (non-hydrogen) atoms. The maximum Gasteiger partial charge on any atom is 0.256 e. The molecule has 1 unspecified atom stereocenters. The first-order valence-corrected chi connectivity index (χ1v) is 6.85. The summed E-state index contributed by atoms with van der Waals surface area (Å²) in [4.78, 5) is 10.3. The van der Waals surface area contributed by atoms with Crippen LogP contribution in [-0.2, 0) is 9.05 Å². The summed E-state index contributed by atoms with van der Waals surface area (Å²) in [5, 5.41) is 10.8. The Morgan fingerprint density at radius 3 is 2.62 bits per heavy atom. The maximum absolute atomic E-state index is 10.8. The Morgan fingerprint density at radius 2 is 2.12 bits per heavy atom. The topological polar surface area (TPSA) is 77.3 Å². The molecule has 1 rings (SSSR count). The average Bonchev–Trinajstić information content (AvgIpc) is 2.27. The summed E-state index contributed by atoms with van der Waals surface area (Å²) in [5.74, 6) is -0.344. The molecule has 0 aromatic rings. The van der Waals surface area contributed by atoms with Crippen molar-refractivity contribution in [2.24, 2.45) is 0 Å². The highest BCUT2D eigenvalue weighted by Gasteiger charge is 2.31. The van der Waals surface area contributed by atoms with E-state index < -0.39 is 19.5 Å². The summed E-state index contributed by atoms with van der Waals surface area (Å²) in [6.45, 7) is 1.42. The van der Waals surface area contributed by atoms with Gasteiger partial charge in [-0.15, -0.1) is 0 Å². The van der Waals surface area contributed by atoms with E-state index in [9.17, 15) is 18.5 Å². The first kappa shape index (κ1) is 12.9. The Hall–Kier alpha value is -1.14. The third-order valence-corrected chi connectivity index (χ3v) is 3.12. The fraction of sp³-hybridized carbons (Fsp3) is 0.333. The first-order valence-electron chi connectivity index (χ1n) is 4.37. The summed E-state index contributed by atoms with van der Waals surface area (Å²) in [6, 6.07) is 0. The third kappa shape index (κ3) is 3.46. The molecule has 0 saturated carbocycles. The zero-order valence-electron chi connectivity index (χ0n) is 8.46. The van der Waals surface area contributed by atoms with Crippen molar-refractivity contribution in [3.8, 4) is 0 Å².